The highest BCUT2D eigenvalue weighted by atomic mass is 32.1. The monoisotopic (exact) mass is 456 g/mol. The third-order valence-electron chi connectivity index (χ3n) is 4.97. The van der Waals surface area contributed by atoms with Gasteiger partial charge < -0.3 is 19.1 Å². The molecule has 4 rings (SSSR count). The van der Waals surface area contributed by atoms with Gasteiger partial charge in [0.15, 0.2) is 16.3 Å². The zero-order valence-electron chi connectivity index (χ0n) is 17.6. The summed E-state index contributed by atoms with van der Waals surface area (Å²) in [5.41, 5.74) is 1.13. The molecule has 0 fully saturated rings. The Kier molecular flexibility index (Phi) is 5.82. The van der Waals surface area contributed by atoms with E-state index >= 15 is 0 Å². The van der Waals surface area contributed by atoms with E-state index in [4.69, 9.17) is 14.2 Å². The molecule has 0 bridgehead atoms. The van der Waals surface area contributed by atoms with Crippen molar-refractivity contribution in [1.29, 1.82) is 0 Å². The predicted octanol–water partition coefficient (Wildman–Crippen LogP) is 1.73. The molecule has 32 heavy (non-hydrogen) atoms. The molecule has 1 aromatic heterocycles. The Bertz CT molecular complexity index is 1340. The van der Waals surface area contributed by atoms with E-state index < -0.39 is 4.92 Å². The topological polar surface area (TPSA) is 108 Å². The molecule has 1 aliphatic rings. The van der Waals surface area contributed by atoms with Crippen LogP contribution in [0.3, 0.4) is 0 Å². The molecule has 3 aromatic rings. The molecule has 0 unspecified atom stereocenters. The van der Waals surface area contributed by atoms with Gasteiger partial charge in [0.25, 0.3) is 11.2 Å². The Morgan fingerprint density at radius 1 is 1.12 bits per heavy atom. The molecule has 11 heteroatoms. The van der Waals surface area contributed by atoms with Gasteiger partial charge in [0, 0.05) is 17.8 Å². The van der Waals surface area contributed by atoms with Crippen LogP contribution in [0.2, 0.25) is 0 Å². The van der Waals surface area contributed by atoms with Crippen LogP contribution in [0.4, 0.5) is 11.4 Å². The van der Waals surface area contributed by atoms with Gasteiger partial charge in [-0.2, -0.15) is 0 Å². The maximum Gasteiger partial charge on any atom is 0.271 e. The van der Waals surface area contributed by atoms with Gasteiger partial charge in [-0.3, -0.25) is 19.5 Å². The molecule has 0 aliphatic carbocycles. The van der Waals surface area contributed by atoms with E-state index in [0.29, 0.717) is 44.5 Å². The Labute approximate surface area is 186 Å². The number of methoxy groups -OCH3 is 3. The lowest BCUT2D eigenvalue weighted by molar-refractivity contribution is -0.384. The number of thiazole rings is 1. The number of nitro benzene ring substituents is 1. The fraction of sp³-hybridized carbons (Fsp3) is 0.238. The second kappa shape index (κ2) is 8.71. The lowest BCUT2D eigenvalue weighted by Gasteiger charge is -2.25. The zero-order valence-corrected chi connectivity index (χ0v) is 18.4. The van der Waals surface area contributed by atoms with Gasteiger partial charge in [-0.25, -0.2) is 4.99 Å². The highest BCUT2D eigenvalue weighted by molar-refractivity contribution is 7.07. The van der Waals surface area contributed by atoms with E-state index in [2.05, 4.69) is 4.99 Å². The van der Waals surface area contributed by atoms with Crippen molar-refractivity contribution in [2.24, 2.45) is 4.99 Å². The van der Waals surface area contributed by atoms with Gasteiger partial charge in [0.2, 0.25) is 5.75 Å². The van der Waals surface area contributed by atoms with Gasteiger partial charge in [-0.15, -0.1) is 0 Å². The van der Waals surface area contributed by atoms with E-state index in [1.165, 1.54) is 44.8 Å². The summed E-state index contributed by atoms with van der Waals surface area (Å²) in [4.78, 5) is 30.6. The quantitative estimate of drug-likeness (QED) is 0.411. The van der Waals surface area contributed by atoms with Crippen LogP contribution in [0.25, 0.3) is 6.08 Å². The van der Waals surface area contributed by atoms with Crippen LogP contribution in [-0.2, 0) is 6.67 Å². The Morgan fingerprint density at radius 2 is 1.84 bits per heavy atom. The minimum atomic E-state index is -0.447. The molecule has 2 heterocycles. The summed E-state index contributed by atoms with van der Waals surface area (Å²) < 4.78 is 18.2. The average molecular weight is 456 g/mol. The second-order valence-electron chi connectivity index (χ2n) is 6.84. The molecule has 0 atom stereocenters. The van der Waals surface area contributed by atoms with Crippen molar-refractivity contribution in [3.63, 3.8) is 0 Å². The van der Waals surface area contributed by atoms with Crippen LogP contribution in [0.15, 0.2) is 46.2 Å². The first-order valence-corrected chi connectivity index (χ1v) is 10.3. The number of rotatable bonds is 6. The van der Waals surface area contributed by atoms with Gasteiger partial charge in [0.1, 0.15) is 13.3 Å². The summed E-state index contributed by atoms with van der Waals surface area (Å²) in [6.07, 6.45) is 1.75. The molecular weight excluding hydrogens is 436 g/mol. The van der Waals surface area contributed by atoms with Crippen LogP contribution in [-0.4, -0.2) is 37.5 Å². The van der Waals surface area contributed by atoms with Crippen LogP contribution < -0.4 is 34.0 Å². The molecule has 0 N–H and O–H groups in total. The van der Waals surface area contributed by atoms with Gasteiger partial charge in [-0.1, -0.05) is 17.4 Å². The van der Waals surface area contributed by atoms with E-state index in [-0.39, 0.29) is 17.9 Å². The first-order chi connectivity index (χ1) is 15.4. The Morgan fingerprint density at radius 3 is 2.47 bits per heavy atom. The van der Waals surface area contributed by atoms with Crippen molar-refractivity contribution in [1.82, 2.24) is 4.57 Å². The first kappa shape index (κ1) is 21.4. The number of aromatic nitrogens is 1. The van der Waals surface area contributed by atoms with Gasteiger partial charge in [-0.05, 0) is 29.8 Å². The SMILES string of the molecule is COc1cc(/C=c2\sc3n(c2=O)CN(c2cccc([N+](=O)[O-])c2)CN=3)cc(OC)c1OC. The maximum atomic E-state index is 13.1. The highest BCUT2D eigenvalue weighted by Crippen LogP contribution is 2.38. The lowest BCUT2D eigenvalue weighted by atomic mass is 10.1. The van der Waals surface area contributed by atoms with E-state index in [1.54, 1.807) is 39.8 Å². The summed E-state index contributed by atoms with van der Waals surface area (Å²) in [7, 11) is 4.58. The number of benzene rings is 2. The molecule has 0 spiro atoms. The van der Waals surface area contributed by atoms with Crippen molar-refractivity contribution >= 4 is 28.8 Å². The van der Waals surface area contributed by atoms with Crippen LogP contribution >= 0.6 is 11.3 Å². The standard InChI is InChI=1S/C21H20N4O6S/c1-29-16-7-13(8-17(30-2)19(16)31-3)9-18-20(26)24-12-23(11-22-21(24)32-18)14-5-4-6-15(10-14)25(27)28/h4-10H,11-12H2,1-3H3/b18-9-. The molecule has 0 saturated carbocycles. The Balaban J connectivity index is 1.72. The third kappa shape index (κ3) is 3.89. The molecular formula is C21H20N4O6S. The van der Waals surface area contributed by atoms with Crippen molar-refractivity contribution in [3.05, 3.63) is 71.8 Å². The average Bonchev–Trinajstić information content (AvgIpc) is 3.12. The molecule has 166 valence electrons. The number of hydrogen-bond acceptors (Lipinski definition) is 9. The van der Waals surface area contributed by atoms with E-state index in [0.717, 1.165) is 0 Å². The second-order valence-corrected chi connectivity index (χ2v) is 7.85. The smallest absolute Gasteiger partial charge is 0.271 e. The zero-order chi connectivity index (χ0) is 22.8. The van der Waals surface area contributed by atoms with Crippen molar-refractivity contribution in [3.8, 4) is 17.2 Å². The molecule has 10 nitrogen and oxygen atoms in total. The summed E-state index contributed by atoms with van der Waals surface area (Å²) in [6.45, 7) is 0.545. The Hall–Kier alpha value is -3.86. The number of nitrogens with zero attached hydrogens (tertiary/aromatic N) is 4. The number of anilines is 1. The minimum Gasteiger partial charge on any atom is -0.493 e. The van der Waals surface area contributed by atoms with Gasteiger partial charge >= 0.3 is 0 Å². The fourth-order valence-corrected chi connectivity index (χ4v) is 4.38. The summed E-state index contributed by atoms with van der Waals surface area (Å²) in [5, 5.41) is 11.1. The normalized spacial score (nSPS) is 13.3. The first-order valence-electron chi connectivity index (χ1n) is 9.50. The number of hydrogen-bond donors (Lipinski definition) is 0. The predicted molar refractivity (Wildman–Crippen MR) is 119 cm³/mol. The molecule has 0 amide bonds. The number of non-ortho nitro benzene ring substituents is 1. The number of nitro groups is 1. The molecule has 0 saturated heterocycles. The van der Waals surface area contributed by atoms with Crippen molar-refractivity contribution in [2.75, 3.05) is 32.9 Å². The largest absolute Gasteiger partial charge is 0.493 e. The van der Waals surface area contributed by atoms with Crippen LogP contribution in [0.5, 0.6) is 17.2 Å². The van der Waals surface area contributed by atoms with E-state index in [9.17, 15) is 14.9 Å². The fourth-order valence-electron chi connectivity index (χ4n) is 3.41. The summed E-state index contributed by atoms with van der Waals surface area (Å²) >= 11 is 1.28. The van der Waals surface area contributed by atoms with Crippen LogP contribution in [0, 0.1) is 10.1 Å². The van der Waals surface area contributed by atoms with Gasteiger partial charge in [0.05, 0.1) is 30.8 Å². The minimum absolute atomic E-state index is 0.0117. The maximum absolute atomic E-state index is 13.1. The highest BCUT2D eigenvalue weighted by Gasteiger charge is 2.18. The van der Waals surface area contributed by atoms with Crippen molar-refractivity contribution < 1.29 is 19.1 Å². The third-order valence-corrected chi connectivity index (χ3v) is 6.01. The summed E-state index contributed by atoms with van der Waals surface area (Å²) in [6, 6.07) is 9.79. The number of ether oxygens (including phenoxy) is 3. The summed E-state index contributed by atoms with van der Waals surface area (Å²) in [5.74, 6) is 1.44. The van der Waals surface area contributed by atoms with Crippen LogP contribution in [0.1, 0.15) is 5.56 Å². The molecule has 2 aromatic carbocycles. The molecule has 1 aliphatic heterocycles. The van der Waals surface area contributed by atoms with E-state index in [1.807, 2.05) is 0 Å². The lowest BCUT2D eigenvalue weighted by Crippen LogP contribution is -2.42. The molecule has 0 radical (unpaired) electrons. The van der Waals surface area contributed by atoms with Crippen molar-refractivity contribution in [2.45, 2.75) is 6.67 Å². The number of fused-ring (bicyclic) bond motifs is 1.